The van der Waals surface area contributed by atoms with Crippen LogP contribution < -0.4 is 0 Å². The molecule has 3 rings (SSSR count). The van der Waals surface area contributed by atoms with Crippen molar-refractivity contribution >= 4 is 34.9 Å². The number of carbonyl (C=O) groups excluding carboxylic acids is 2. The summed E-state index contributed by atoms with van der Waals surface area (Å²) in [4.78, 5) is 29.9. The average molecular weight is 413 g/mol. The molecule has 0 spiro atoms. The molecule has 1 aromatic heterocycles. The molecular formula is C22H21ClN2O2S. The Bertz CT molecular complexity index is 991. The van der Waals surface area contributed by atoms with E-state index in [-0.39, 0.29) is 22.7 Å². The van der Waals surface area contributed by atoms with Gasteiger partial charge < -0.3 is 0 Å². The fourth-order valence-electron chi connectivity index (χ4n) is 3.58. The minimum Gasteiger partial charge on any atom is -0.294 e. The zero-order valence-electron chi connectivity index (χ0n) is 16.1. The van der Waals surface area contributed by atoms with Gasteiger partial charge in [-0.2, -0.15) is 5.26 Å². The first kappa shape index (κ1) is 20.6. The Labute approximate surface area is 174 Å². The van der Waals surface area contributed by atoms with Gasteiger partial charge in [-0.25, -0.2) is 4.98 Å². The van der Waals surface area contributed by atoms with E-state index < -0.39 is 0 Å². The molecule has 0 unspecified atom stereocenters. The summed E-state index contributed by atoms with van der Waals surface area (Å²) >= 11 is 7.13. The minimum absolute atomic E-state index is 0.0560. The van der Waals surface area contributed by atoms with Gasteiger partial charge in [0.05, 0.1) is 17.0 Å². The normalized spacial score (nSPS) is 15.0. The Morgan fingerprint density at radius 3 is 2.57 bits per heavy atom. The molecule has 6 heteroatoms. The third-order valence-corrected chi connectivity index (χ3v) is 6.11. The molecule has 1 aliphatic rings. The molecule has 0 bridgehead atoms. The van der Waals surface area contributed by atoms with E-state index in [1.54, 1.807) is 24.3 Å². The van der Waals surface area contributed by atoms with Gasteiger partial charge >= 0.3 is 0 Å². The fraction of sp³-hybridized carbons (Fsp3) is 0.364. The number of halogens is 1. The van der Waals surface area contributed by atoms with E-state index in [4.69, 9.17) is 11.6 Å². The lowest BCUT2D eigenvalue weighted by molar-refractivity contribution is 0.0907. The summed E-state index contributed by atoms with van der Waals surface area (Å²) in [7, 11) is 0. The largest absolute Gasteiger partial charge is 0.294 e. The summed E-state index contributed by atoms with van der Waals surface area (Å²) in [6.45, 7) is 6.04. The number of rotatable bonds is 5. The van der Waals surface area contributed by atoms with Crippen molar-refractivity contribution in [1.82, 2.24) is 4.98 Å². The standard InChI is InChI=1S/C22H21ClN2O2S/c1-4-15-16(11-24)21(25-17-9-22(2,3)10-18(26)20(15)17)28-12-19(27)13-5-7-14(23)8-6-13/h5-8H,4,9-10,12H2,1-3H3. The maximum atomic E-state index is 12.7. The molecule has 0 atom stereocenters. The number of carbonyl (C=O) groups is 2. The van der Waals surface area contributed by atoms with E-state index in [0.717, 1.165) is 11.3 Å². The lowest BCUT2D eigenvalue weighted by Crippen LogP contribution is -2.29. The van der Waals surface area contributed by atoms with Crippen molar-refractivity contribution in [2.45, 2.75) is 45.1 Å². The highest BCUT2D eigenvalue weighted by Gasteiger charge is 2.35. The maximum absolute atomic E-state index is 12.7. The van der Waals surface area contributed by atoms with Gasteiger partial charge in [0.25, 0.3) is 0 Å². The van der Waals surface area contributed by atoms with Crippen LogP contribution in [0.25, 0.3) is 0 Å². The molecule has 0 saturated carbocycles. The number of hydrogen-bond donors (Lipinski definition) is 0. The molecule has 1 heterocycles. The van der Waals surface area contributed by atoms with Crippen molar-refractivity contribution in [3.05, 3.63) is 57.2 Å². The van der Waals surface area contributed by atoms with Gasteiger partial charge in [-0.05, 0) is 48.1 Å². The maximum Gasteiger partial charge on any atom is 0.173 e. The van der Waals surface area contributed by atoms with Gasteiger partial charge in [0.2, 0.25) is 0 Å². The number of fused-ring (bicyclic) bond motifs is 1. The van der Waals surface area contributed by atoms with Crippen molar-refractivity contribution in [2.75, 3.05) is 5.75 Å². The quantitative estimate of drug-likeness (QED) is 0.492. The van der Waals surface area contributed by atoms with E-state index in [2.05, 4.69) is 24.9 Å². The van der Waals surface area contributed by atoms with Crippen LogP contribution in [0.3, 0.4) is 0 Å². The molecule has 0 radical (unpaired) electrons. The summed E-state index contributed by atoms with van der Waals surface area (Å²) in [6, 6.07) is 8.95. The van der Waals surface area contributed by atoms with Crippen LogP contribution in [0.2, 0.25) is 5.02 Å². The number of pyridine rings is 1. The molecule has 0 amide bonds. The third kappa shape index (κ3) is 4.14. The number of benzene rings is 1. The molecule has 0 aliphatic heterocycles. The van der Waals surface area contributed by atoms with Crippen LogP contribution in [0.5, 0.6) is 0 Å². The van der Waals surface area contributed by atoms with Crippen LogP contribution in [0.15, 0.2) is 29.3 Å². The van der Waals surface area contributed by atoms with Crippen molar-refractivity contribution in [2.24, 2.45) is 5.41 Å². The van der Waals surface area contributed by atoms with Crippen molar-refractivity contribution in [1.29, 1.82) is 5.26 Å². The number of ketones is 2. The van der Waals surface area contributed by atoms with Crippen LogP contribution >= 0.6 is 23.4 Å². The third-order valence-electron chi connectivity index (χ3n) is 4.88. The Morgan fingerprint density at radius 2 is 1.96 bits per heavy atom. The van der Waals surface area contributed by atoms with Gasteiger partial charge in [0.1, 0.15) is 11.1 Å². The first-order chi connectivity index (χ1) is 13.3. The van der Waals surface area contributed by atoms with E-state index >= 15 is 0 Å². The lowest BCUT2D eigenvalue weighted by atomic mass is 9.74. The molecule has 0 saturated heterocycles. The number of Topliss-reactive ketones (excluding diaryl/α,β-unsaturated/α-hetero) is 2. The van der Waals surface area contributed by atoms with E-state index in [1.807, 2.05) is 6.92 Å². The fourth-order valence-corrected chi connectivity index (χ4v) is 4.63. The molecule has 144 valence electrons. The molecule has 28 heavy (non-hydrogen) atoms. The van der Waals surface area contributed by atoms with Crippen LogP contribution in [0.1, 0.15) is 64.7 Å². The summed E-state index contributed by atoms with van der Waals surface area (Å²) in [5, 5.41) is 10.8. The van der Waals surface area contributed by atoms with E-state index in [1.165, 1.54) is 11.8 Å². The van der Waals surface area contributed by atoms with Gasteiger partial charge in [-0.3, -0.25) is 9.59 Å². The minimum atomic E-state index is -0.155. The average Bonchev–Trinajstić information content (AvgIpc) is 2.64. The SMILES string of the molecule is CCc1c(C#N)c(SCC(=O)c2ccc(Cl)cc2)nc2c1C(=O)CC(C)(C)C2. The number of aromatic nitrogens is 1. The number of thioether (sulfide) groups is 1. The molecule has 0 fully saturated rings. The van der Waals surface area contributed by atoms with Gasteiger partial charge in [-0.1, -0.05) is 44.1 Å². The van der Waals surface area contributed by atoms with Gasteiger partial charge in [-0.15, -0.1) is 0 Å². The number of nitrogens with zero attached hydrogens (tertiary/aromatic N) is 2. The highest BCUT2D eigenvalue weighted by Crippen LogP contribution is 2.38. The van der Waals surface area contributed by atoms with Crippen molar-refractivity contribution in [3.8, 4) is 6.07 Å². The van der Waals surface area contributed by atoms with Crippen molar-refractivity contribution in [3.63, 3.8) is 0 Å². The highest BCUT2D eigenvalue weighted by atomic mass is 35.5. The van der Waals surface area contributed by atoms with Crippen LogP contribution in [-0.4, -0.2) is 22.3 Å². The first-order valence-corrected chi connectivity index (χ1v) is 10.5. The van der Waals surface area contributed by atoms with Crippen LogP contribution in [-0.2, 0) is 12.8 Å². The lowest BCUT2D eigenvalue weighted by Gasteiger charge is -2.31. The molecule has 4 nitrogen and oxygen atoms in total. The van der Waals surface area contributed by atoms with E-state index in [0.29, 0.717) is 46.0 Å². The highest BCUT2D eigenvalue weighted by molar-refractivity contribution is 8.00. The van der Waals surface area contributed by atoms with Crippen LogP contribution in [0, 0.1) is 16.7 Å². The van der Waals surface area contributed by atoms with Crippen LogP contribution in [0.4, 0.5) is 0 Å². The predicted molar refractivity (Wildman–Crippen MR) is 111 cm³/mol. The summed E-state index contributed by atoms with van der Waals surface area (Å²) in [5.41, 5.74) is 2.96. The molecule has 1 aromatic carbocycles. The second-order valence-electron chi connectivity index (χ2n) is 7.72. The van der Waals surface area contributed by atoms with Gasteiger partial charge in [0.15, 0.2) is 11.6 Å². The monoisotopic (exact) mass is 412 g/mol. The molecule has 0 N–H and O–H groups in total. The second kappa shape index (κ2) is 8.06. The summed E-state index contributed by atoms with van der Waals surface area (Å²) in [5.74, 6) is 0.170. The Kier molecular flexibility index (Phi) is 5.92. The second-order valence-corrected chi connectivity index (χ2v) is 9.12. The topological polar surface area (TPSA) is 70.8 Å². The zero-order chi connectivity index (χ0) is 20.5. The Balaban J connectivity index is 1.95. The number of nitriles is 1. The number of hydrogen-bond acceptors (Lipinski definition) is 5. The van der Waals surface area contributed by atoms with Crippen molar-refractivity contribution < 1.29 is 9.59 Å². The zero-order valence-corrected chi connectivity index (χ0v) is 17.7. The molecule has 1 aliphatic carbocycles. The summed E-state index contributed by atoms with van der Waals surface area (Å²) < 4.78 is 0. The molecular weight excluding hydrogens is 392 g/mol. The summed E-state index contributed by atoms with van der Waals surface area (Å²) in [6.07, 6.45) is 1.73. The molecule has 2 aromatic rings. The van der Waals surface area contributed by atoms with Gasteiger partial charge in [0, 0.05) is 22.6 Å². The predicted octanol–water partition coefficient (Wildman–Crippen LogP) is 5.30. The Morgan fingerprint density at radius 1 is 1.29 bits per heavy atom. The first-order valence-electron chi connectivity index (χ1n) is 9.16. The van der Waals surface area contributed by atoms with E-state index in [9.17, 15) is 14.9 Å². The smallest absolute Gasteiger partial charge is 0.173 e. The Hall–Kier alpha value is -2.16.